The largest absolute Gasteiger partial charge is 0.444 e. The summed E-state index contributed by atoms with van der Waals surface area (Å²) in [6, 6.07) is 4.38. The van der Waals surface area contributed by atoms with Gasteiger partial charge in [0.2, 0.25) is 5.78 Å². The van der Waals surface area contributed by atoms with E-state index in [0.29, 0.717) is 5.69 Å². The Morgan fingerprint density at radius 2 is 2.00 bits per heavy atom. The van der Waals surface area contributed by atoms with Crippen LogP contribution in [0.4, 0.5) is 4.79 Å². The van der Waals surface area contributed by atoms with Gasteiger partial charge in [-0.15, -0.1) is 0 Å². The number of pyridine rings is 1. The van der Waals surface area contributed by atoms with Gasteiger partial charge >= 0.3 is 6.09 Å². The molecule has 1 amide bonds. The van der Waals surface area contributed by atoms with Crippen LogP contribution in [0.2, 0.25) is 0 Å². The molecule has 0 saturated heterocycles. The zero-order chi connectivity index (χ0) is 13.8. The molecule has 1 aromatic heterocycles. The standard InChI is InChI=1S/C13H18N2O3/c1-9(15-12(17)18-13(2,3)4)11(16)10-7-5-6-8-14-10/h5-9H,1-4H3,(H,15,17). The number of ether oxygens (including phenoxy) is 1. The number of nitrogens with zero attached hydrogens (tertiary/aromatic N) is 1. The van der Waals surface area contributed by atoms with E-state index in [9.17, 15) is 9.59 Å². The normalized spacial score (nSPS) is 12.7. The van der Waals surface area contributed by atoms with E-state index in [-0.39, 0.29) is 5.78 Å². The molecule has 1 rings (SSSR count). The Kier molecular flexibility index (Phi) is 4.42. The summed E-state index contributed by atoms with van der Waals surface area (Å²) in [5.41, 5.74) is -0.265. The number of hydrogen-bond donors (Lipinski definition) is 1. The number of Topliss-reactive ketones (excluding diaryl/α,β-unsaturated/α-hetero) is 1. The maximum Gasteiger partial charge on any atom is 0.408 e. The molecule has 18 heavy (non-hydrogen) atoms. The molecular weight excluding hydrogens is 232 g/mol. The lowest BCUT2D eigenvalue weighted by Gasteiger charge is -2.21. The fourth-order valence-electron chi connectivity index (χ4n) is 1.28. The van der Waals surface area contributed by atoms with E-state index < -0.39 is 17.7 Å². The summed E-state index contributed by atoms with van der Waals surface area (Å²) in [7, 11) is 0. The molecule has 0 saturated carbocycles. The van der Waals surface area contributed by atoms with Crippen molar-refractivity contribution in [3.63, 3.8) is 0 Å². The fraction of sp³-hybridized carbons (Fsp3) is 0.462. The van der Waals surface area contributed by atoms with Crippen LogP contribution in [-0.4, -0.2) is 28.5 Å². The number of alkyl carbamates (subject to hydrolysis) is 1. The van der Waals surface area contributed by atoms with Crippen molar-refractivity contribution in [1.29, 1.82) is 0 Å². The minimum absolute atomic E-state index is 0.249. The van der Waals surface area contributed by atoms with Gasteiger partial charge in [0, 0.05) is 6.20 Å². The average Bonchev–Trinajstić information content (AvgIpc) is 2.26. The zero-order valence-electron chi connectivity index (χ0n) is 11.1. The maximum atomic E-state index is 11.9. The summed E-state index contributed by atoms with van der Waals surface area (Å²) in [6.45, 7) is 6.88. The first-order valence-corrected chi connectivity index (χ1v) is 5.74. The van der Waals surface area contributed by atoms with Gasteiger partial charge in [-0.3, -0.25) is 9.78 Å². The van der Waals surface area contributed by atoms with Crippen molar-refractivity contribution in [2.24, 2.45) is 0 Å². The van der Waals surface area contributed by atoms with Crippen molar-refractivity contribution in [2.75, 3.05) is 0 Å². The van der Waals surface area contributed by atoms with Crippen LogP contribution in [0, 0.1) is 0 Å². The van der Waals surface area contributed by atoms with E-state index >= 15 is 0 Å². The Morgan fingerprint density at radius 3 is 2.50 bits per heavy atom. The van der Waals surface area contributed by atoms with E-state index in [1.807, 2.05) is 0 Å². The van der Waals surface area contributed by atoms with Gasteiger partial charge in [-0.2, -0.15) is 0 Å². The van der Waals surface area contributed by atoms with E-state index in [1.54, 1.807) is 45.9 Å². The Morgan fingerprint density at radius 1 is 1.33 bits per heavy atom. The van der Waals surface area contributed by atoms with Gasteiger partial charge in [0.05, 0.1) is 6.04 Å². The molecule has 0 radical (unpaired) electrons. The number of ketones is 1. The van der Waals surface area contributed by atoms with Crippen molar-refractivity contribution < 1.29 is 14.3 Å². The third-order valence-electron chi connectivity index (χ3n) is 2.04. The predicted molar refractivity (Wildman–Crippen MR) is 67.4 cm³/mol. The molecule has 98 valence electrons. The van der Waals surface area contributed by atoms with Crippen LogP contribution in [-0.2, 0) is 4.74 Å². The first-order valence-electron chi connectivity index (χ1n) is 5.74. The van der Waals surface area contributed by atoms with E-state index in [0.717, 1.165) is 0 Å². The van der Waals surface area contributed by atoms with E-state index in [2.05, 4.69) is 10.3 Å². The van der Waals surface area contributed by atoms with Gasteiger partial charge in [0.1, 0.15) is 11.3 Å². The predicted octanol–water partition coefficient (Wildman–Crippen LogP) is 2.18. The van der Waals surface area contributed by atoms with Crippen LogP contribution in [0.1, 0.15) is 38.2 Å². The third-order valence-corrected chi connectivity index (χ3v) is 2.04. The molecule has 0 aliphatic rings. The lowest BCUT2D eigenvalue weighted by molar-refractivity contribution is 0.0496. The van der Waals surface area contributed by atoms with Crippen molar-refractivity contribution in [2.45, 2.75) is 39.3 Å². The minimum atomic E-state index is -0.672. The quantitative estimate of drug-likeness (QED) is 0.835. The monoisotopic (exact) mass is 250 g/mol. The first kappa shape index (κ1) is 14.2. The SMILES string of the molecule is CC(NC(=O)OC(C)(C)C)C(=O)c1ccccn1. The van der Waals surface area contributed by atoms with Crippen molar-refractivity contribution in [1.82, 2.24) is 10.3 Å². The van der Waals surface area contributed by atoms with Crippen molar-refractivity contribution in [3.05, 3.63) is 30.1 Å². The summed E-state index contributed by atoms with van der Waals surface area (Å²) in [4.78, 5) is 27.4. The van der Waals surface area contributed by atoms with Crippen molar-refractivity contribution >= 4 is 11.9 Å². The van der Waals surface area contributed by atoms with Crippen LogP contribution in [0.5, 0.6) is 0 Å². The number of aromatic nitrogens is 1. The summed E-state index contributed by atoms with van der Waals surface area (Å²) < 4.78 is 5.07. The van der Waals surface area contributed by atoms with Gasteiger partial charge in [-0.1, -0.05) is 6.07 Å². The van der Waals surface area contributed by atoms with Gasteiger partial charge < -0.3 is 10.1 Å². The minimum Gasteiger partial charge on any atom is -0.444 e. The molecule has 0 aliphatic heterocycles. The van der Waals surface area contributed by atoms with Crippen LogP contribution >= 0.6 is 0 Å². The highest BCUT2D eigenvalue weighted by atomic mass is 16.6. The molecule has 5 nitrogen and oxygen atoms in total. The highest BCUT2D eigenvalue weighted by Crippen LogP contribution is 2.07. The molecule has 1 unspecified atom stereocenters. The molecular formula is C13H18N2O3. The van der Waals surface area contributed by atoms with Gasteiger partial charge in [0.15, 0.2) is 0 Å². The van der Waals surface area contributed by atoms with Crippen molar-refractivity contribution in [3.8, 4) is 0 Å². The first-order chi connectivity index (χ1) is 8.29. The number of carbonyl (C=O) groups excluding carboxylic acids is 2. The molecule has 1 heterocycles. The van der Waals surface area contributed by atoms with E-state index in [4.69, 9.17) is 4.74 Å². The summed E-state index contributed by atoms with van der Waals surface area (Å²) in [6.07, 6.45) is 0.923. The molecule has 5 heteroatoms. The number of nitrogens with one attached hydrogen (secondary N) is 1. The lowest BCUT2D eigenvalue weighted by atomic mass is 10.1. The second kappa shape index (κ2) is 5.62. The Bertz CT molecular complexity index is 424. The third kappa shape index (κ3) is 4.53. The Hall–Kier alpha value is -1.91. The number of carbonyl (C=O) groups is 2. The molecule has 1 N–H and O–H groups in total. The molecule has 0 aliphatic carbocycles. The Labute approximate surface area is 107 Å². The zero-order valence-corrected chi connectivity index (χ0v) is 11.1. The van der Waals surface area contributed by atoms with E-state index in [1.165, 1.54) is 6.20 Å². The topological polar surface area (TPSA) is 68.3 Å². The second-order valence-electron chi connectivity index (χ2n) is 4.95. The number of rotatable bonds is 3. The summed E-state index contributed by atoms with van der Waals surface area (Å²) >= 11 is 0. The molecule has 0 spiro atoms. The summed E-state index contributed by atoms with van der Waals surface area (Å²) in [5, 5.41) is 2.48. The van der Waals surface area contributed by atoms with Gasteiger partial charge in [0.25, 0.3) is 0 Å². The second-order valence-corrected chi connectivity index (χ2v) is 4.95. The van der Waals surface area contributed by atoms with Crippen LogP contribution < -0.4 is 5.32 Å². The number of hydrogen-bond acceptors (Lipinski definition) is 4. The molecule has 1 aromatic rings. The summed E-state index contributed by atoms with van der Waals surface area (Å²) in [5.74, 6) is -0.249. The molecule has 0 bridgehead atoms. The highest BCUT2D eigenvalue weighted by molar-refractivity contribution is 5.99. The van der Waals surface area contributed by atoms with Crippen LogP contribution in [0.25, 0.3) is 0 Å². The molecule has 1 atom stereocenters. The maximum absolute atomic E-state index is 11.9. The molecule has 0 fully saturated rings. The number of amides is 1. The fourth-order valence-corrected chi connectivity index (χ4v) is 1.28. The van der Waals surface area contributed by atoms with Crippen LogP contribution in [0.3, 0.4) is 0 Å². The smallest absolute Gasteiger partial charge is 0.408 e. The lowest BCUT2D eigenvalue weighted by Crippen LogP contribution is -2.41. The van der Waals surface area contributed by atoms with Crippen LogP contribution in [0.15, 0.2) is 24.4 Å². The van der Waals surface area contributed by atoms with Gasteiger partial charge in [-0.05, 0) is 39.8 Å². The highest BCUT2D eigenvalue weighted by Gasteiger charge is 2.22. The van der Waals surface area contributed by atoms with Gasteiger partial charge in [-0.25, -0.2) is 4.79 Å². The molecule has 0 aromatic carbocycles. The average molecular weight is 250 g/mol. The Balaban J connectivity index is 2.59.